The average molecular weight is 357 g/mol. The molecule has 5 nitrogen and oxygen atoms in total. The lowest BCUT2D eigenvalue weighted by Crippen LogP contribution is -2.41. The predicted octanol–water partition coefficient (Wildman–Crippen LogP) is 3.21. The molecule has 1 heterocycles. The molecule has 118 valence electrons. The van der Waals surface area contributed by atoms with Crippen LogP contribution in [0, 0.1) is 0 Å². The minimum atomic E-state index is -0.320. The summed E-state index contributed by atoms with van der Waals surface area (Å²) in [5, 5.41) is 3.17. The van der Waals surface area contributed by atoms with Crippen molar-refractivity contribution in [3.8, 4) is 0 Å². The van der Waals surface area contributed by atoms with Crippen molar-refractivity contribution in [2.24, 2.45) is 0 Å². The highest BCUT2D eigenvalue weighted by Gasteiger charge is 2.21. The molecule has 0 aliphatic carbocycles. The average Bonchev–Trinajstić information content (AvgIpc) is 2.38. The molecule has 0 saturated heterocycles. The number of likely N-dealkylation sites (N-methyl/N-ethyl adjacent to an activating group) is 1. The van der Waals surface area contributed by atoms with E-state index in [4.69, 9.17) is 0 Å². The van der Waals surface area contributed by atoms with Gasteiger partial charge in [-0.1, -0.05) is 20.8 Å². The van der Waals surface area contributed by atoms with Crippen molar-refractivity contribution < 1.29 is 4.79 Å². The Kier molecular flexibility index (Phi) is 6.13. The minimum Gasteiger partial charge on any atom is -0.358 e. The van der Waals surface area contributed by atoms with Crippen LogP contribution < -0.4 is 5.32 Å². The van der Waals surface area contributed by atoms with Crippen LogP contribution >= 0.6 is 15.9 Å². The number of nitrogens with zero attached hydrogens (tertiary/aromatic N) is 3. The van der Waals surface area contributed by atoms with Crippen LogP contribution in [0.3, 0.4) is 0 Å². The molecule has 1 unspecified atom stereocenters. The van der Waals surface area contributed by atoms with Gasteiger partial charge in [0.15, 0.2) is 0 Å². The summed E-state index contributed by atoms with van der Waals surface area (Å²) >= 11 is 3.40. The Morgan fingerprint density at radius 2 is 1.90 bits per heavy atom. The molecule has 0 radical (unpaired) electrons. The summed E-state index contributed by atoms with van der Waals surface area (Å²) in [6.45, 7) is 13.4. The molecule has 0 aromatic carbocycles. The molecule has 21 heavy (non-hydrogen) atoms. The van der Waals surface area contributed by atoms with Gasteiger partial charge in [0.25, 0.3) is 0 Å². The maximum absolute atomic E-state index is 12.3. The van der Waals surface area contributed by atoms with Crippen LogP contribution in [0.25, 0.3) is 0 Å². The zero-order valence-corrected chi connectivity index (χ0v) is 15.3. The molecule has 0 aliphatic heterocycles. The topological polar surface area (TPSA) is 58.1 Å². The fraction of sp³-hybridized carbons (Fsp3) is 0.667. The number of nitrogens with one attached hydrogen (secondary N) is 1. The molecule has 0 aliphatic rings. The highest BCUT2D eigenvalue weighted by molar-refractivity contribution is 9.10. The fourth-order valence-corrected chi connectivity index (χ4v) is 2.30. The first-order valence-electron chi connectivity index (χ1n) is 7.29. The van der Waals surface area contributed by atoms with Crippen molar-refractivity contribution in [2.45, 2.75) is 53.0 Å². The van der Waals surface area contributed by atoms with E-state index in [9.17, 15) is 4.79 Å². The molecule has 1 N–H and O–H groups in total. The van der Waals surface area contributed by atoms with Gasteiger partial charge >= 0.3 is 0 Å². The quantitative estimate of drug-likeness (QED) is 0.823. The van der Waals surface area contributed by atoms with Gasteiger partial charge in [0, 0.05) is 24.6 Å². The van der Waals surface area contributed by atoms with E-state index >= 15 is 0 Å². The monoisotopic (exact) mass is 356 g/mol. The first-order valence-corrected chi connectivity index (χ1v) is 8.08. The first kappa shape index (κ1) is 17.9. The van der Waals surface area contributed by atoms with E-state index in [-0.39, 0.29) is 17.4 Å². The maximum Gasteiger partial charge on any atom is 0.244 e. The highest BCUT2D eigenvalue weighted by Crippen LogP contribution is 2.22. The molecule has 1 aromatic rings. The number of hydrogen-bond acceptors (Lipinski definition) is 4. The summed E-state index contributed by atoms with van der Waals surface area (Å²) in [6.07, 6.45) is 0. The Balaban J connectivity index is 2.93. The Bertz CT molecular complexity index is 495. The third-order valence-electron chi connectivity index (χ3n) is 3.18. The highest BCUT2D eigenvalue weighted by atomic mass is 79.9. The van der Waals surface area contributed by atoms with E-state index in [0.717, 1.165) is 5.82 Å². The van der Waals surface area contributed by atoms with Crippen LogP contribution in [0.5, 0.6) is 0 Å². The van der Waals surface area contributed by atoms with E-state index in [1.807, 2.05) is 20.8 Å². The lowest BCUT2D eigenvalue weighted by Gasteiger charge is -2.24. The molecular weight excluding hydrogens is 332 g/mol. The predicted molar refractivity (Wildman–Crippen MR) is 89.4 cm³/mol. The van der Waals surface area contributed by atoms with Gasteiger partial charge < -0.3 is 10.2 Å². The van der Waals surface area contributed by atoms with Gasteiger partial charge in [0.2, 0.25) is 5.91 Å². The lowest BCUT2D eigenvalue weighted by molar-refractivity contribution is -0.131. The first-order chi connectivity index (χ1) is 9.68. The number of carbonyl (C=O) groups excluding carboxylic acids is 1. The molecule has 1 aromatic heterocycles. The van der Waals surface area contributed by atoms with Gasteiger partial charge in [-0.3, -0.25) is 4.79 Å². The van der Waals surface area contributed by atoms with E-state index in [1.165, 1.54) is 0 Å². The largest absolute Gasteiger partial charge is 0.358 e. The lowest BCUT2D eigenvalue weighted by atomic mass is 9.96. The Labute approximate surface area is 135 Å². The number of aromatic nitrogens is 2. The molecule has 1 amide bonds. The van der Waals surface area contributed by atoms with Gasteiger partial charge in [-0.2, -0.15) is 0 Å². The zero-order valence-electron chi connectivity index (χ0n) is 13.7. The number of carbonyl (C=O) groups is 1. The number of halogens is 1. The second-order valence-electron chi connectivity index (χ2n) is 6.03. The van der Waals surface area contributed by atoms with Crippen LogP contribution in [0.1, 0.15) is 47.4 Å². The molecular formula is C15H25BrN4O. The number of anilines is 1. The van der Waals surface area contributed by atoms with Crippen molar-refractivity contribution >= 4 is 27.7 Å². The zero-order chi connectivity index (χ0) is 16.2. The van der Waals surface area contributed by atoms with Crippen LogP contribution in [-0.4, -0.2) is 39.9 Å². The number of amides is 1. The summed E-state index contributed by atoms with van der Waals surface area (Å²) in [7, 11) is 0. The van der Waals surface area contributed by atoms with Gasteiger partial charge in [0.05, 0.1) is 0 Å². The summed E-state index contributed by atoms with van der Waals surface area (Å²) < 4.78 is 0.715. The minimum absolute atomic E-state index is 0.0760. The molecule has 1 atom stereocenters. The summed E-state index contributed by atoms with van der Waals surface area (Å²) in [5.41, 5.74) is -0.146. The molecule has 0 bridgehead atoms. The Hall–Kier alpha value is -1.17. The van der Waals surface area contributed by atoms with Gasteiger partial charge in [-0.25, -0.2) is 9.97 Å². The van der Waals surface area contributed by atoms with Crippen molar-refractivity contribution in [1.29, 1.82) is 0 Å². The third-order valence-corrected chi connectivity index (χ3v) is 3.58. The van der Waals surface area contributed by atoms with Crippen LogP contribution in [0.2, 0.25) is 0 Å². The van der Waals surface area contributed by atoms with Crippen molar-refractivity contribution in [3.63, 3.8) is 0 Å². The number of rotatable bonds is 5. The van der Waals surface area contributed by atoms with Crippen molar-refractivity contribution in [2.75, 3.05) is 18.4 Å². The van der Waals surface area contributed by atoms with E-state index in [0.29, 0.717) is 23.5 Å². The fourth-order valence-electron chi connectivity index (χ4n) is 1.92. The molecule has 0 fully saturated rings. The molecule has 6 heteroatoms. The van der Waals surface area contributed by atoms with Crippen molar-refractivity contribution in [3.05, 3.63) is 16.5 Å². The maximum atomic E-state index is 12.3. The number of hydrogen-bond donors (Lipinski definition) is 1. The Morgan fingerprint density at radius 1 is 1.33 bits per heavy atom. The normalized spacial score (nSPS) is 12.9. The van der Waals surface area contributed by atoms with Gasteiger partial charge in [-0.15, -0.1) is 0 Å². The van der Waals surface area contributed by atoms with E-state index in [1.54, 1.807) is 11.0 Å². The summed E-state index contributed by atoms with van der Waals surface area (Å²) in [4.78, 5) is 23.0. The smallest absolute Gasteiger partial charge is 0.244 e. The molecule has 1 rings (SSSR count). The van der Waals surface area contributed by atoms with Gasteiger partial charge in [-0.05, 0) is 36.7 Å². The summed E-state index contributed by atoms with van der Waals surface area (Å²) in [5.74, 6) is 1.48. The standard InChI is InChI=1S/C15H25BrN4O/c1-7-20(8-2)13(21)10(3)17-12-9-11(16)18-14(19-12)15(4,5)6/h9-10H,7-8H2,1-6H3,(H,17,18,19). The third kappa shape index (κ3) is 4.95. The van der Waals surface area contributed by atoms with E-state index < -0.39 is 0 Å². The van der Waals surface area contributed by atoms with E-state index in [2.05, 4.69) is 52.0 Å². The second kappa shape index (κ2) is 7.20. The second-order valence-corrected chi connectivity index (χ2v) is 6.84. The van der Waals surface area contributed by atoms with Crippen molar-refractivity contribution in [1.82, 2.24) is 14.9 Å². The molecule has 0 saturated carbocycles. The SMILES string of the molecule is CCN(CC)C(=O)C(C)Nc1cc(Br)nc(C(C)(C)C)n1. The van der Waals surface area contributed by atoms with Gasteiger partial charge in [0.1, 0.15) is 22.3 Å². The van der Waals surface area contributed by atoms with Crippen LogP contribution in [-0.2, 0) is 10.2 Å². The van der Waals surface area contributed by atoms with Crippen LogP contribution in [0.15, 0.2) is 10.7 Å². The van der Waals surface area contributed by atoms with Crippen LogP contribution in [0.4, 0.5) is 5.82 Å². The summed E-state index contributed by atoms with van der Waals surface area (Å²) in [6, 6.07) is 1.47. The molecule has 0 spiro atoms. The Morgan fingerprint density at radius 3 is 2.38 bits per heavy atom.